The van der Waals surface area contributed by atoms with Gasteiger partial charge in [-0.3, -0.25) is 4.79 Å². The van der Waals surface area contributed by atoms with Crippen LogP contribution in [0.2, 0.25) is 5.02 Å². The van der Waals surface area contributed by atoms with E-state index in [1.165, 1.54) is 26.2 Å². The van der Waals surface area contributed by atoms with Crippen molar-refractivity contribution >= 4 is 29.0 Å². The lowest BCUT2D eigenvalue weighted by molar-refractivity contribution is -0.115. The molecule has 0 heterocycles. The number of ether oxygens (including phenoxy) is 1. The Balaban J connectivity index is 3.18. The van der Waals surface area contributed by atoms with Crippen molar-refractivity contribution < 1.29 is 19.4 Å². The molecule has 17 heavy (non-hydrogen) atoms. The van der Waals surface area contributed by atoms with E-state index in [0.717, 1.165) is 0 Å². The van der Waals surface area contributed by atoms with Crippen LogP contribution in [0.5, 0.6) is 5.75 Å². The molecule has 1 aromatic rings. The molecule has 0 aliphatic carbocycles. The molecule has 0 bridgehead atoms. The Hall–Kier alpha value is -1.75. The highest BCUT2D eigenvalue weighted by atomic mass is 35.5. The molecule has 1 aromatic carbocycles. The quantitative estimate of drug-likeness (QED) is 0.844. The van der Waals surface area contributed by atoms with E-state index in [1.54, 1.807) is 0 Å². The third kappa shape index (κ3) is 3.35. The Morgan fingerprint density at radius 2 is 2.12 bits per heavy atom. The van der Waals surface area contributed by atoms with Gasteiger partial charge in [-0.05, 0) is 19.1 Å². The van der Waals surface area contributed by atoms with Crippen LogP contribution < -0.4 is 10.1 Å². The number of ketones is 1. The molecule has 0 unspecified atom stereocenters. The van der Waals surface area contributed by atoms with E-state index < -0.39 is 5.97 Å². The Morgan fingerprint density at radius 3 is 2.59 bits per heavy atom. The first-order chi connectivity index (χ1) is 7.95. The minimum Gasteiger partial charge on any atom is -0.494 e. The molecule has 0 saturated carbocycles. The average molecular weight is 258 g/mol. The molecule has 0 aromatic heterocycles. The Morgan fingerprint density at radius 1 is 1.47 bits per heavy atom. The number of carboxylic acids is 1. The molecule has 5 nitrogen and oxygen atoms in total. The molecule has 0 radical (unpaired) electrons. The number of methoxy groups -OCH3 is 1. The van der Waals surface area contributed by atoms with Gasteiger partial charge < -0.3 is 15.2 Å². The van der Waals surface area contributed by atoms with Crippen molar-refractivity contribution in [3.05, 3.63) is 22.7 Å². The van der Waals surface area contributed by atoms with Gasteiger partial charge in [0.1, 0.15) is 11.3 Å². The summed E-state index contributed by atoms with van der Waals surface area (Å²) in [5, 5.41) is 12.0. The number of hydrogen-bond acceptors (Lipinski definition) is 4. The summed E-state index contributed by atoms with van der Waals surface area (Å²) in [7, 11) is 1.36. The number of carbonyl (C=O) groups excluding carboxylic acids is 1. The van der Waals surface area contributed by atoms with Crippen molar-refractivity contribution in [3.8, 4) is 5.75 Å². The fourth-order valence-corrected chi connectivity index (χ4v) is 1.54. The van der Waals surface area contributed by atoms with Crippen molar-refractivity contribution in [1.82, 2.24) is 0 Å². The Labute approximate surface area is 103 Å². The number of benzene rings is 1. The van der Waals surface area contributed by atoms with Crippen LogP contribution in [-0.2, 0) is 4.79 Å². The van der Waals surface area contributed by atoms with Crippen LogP contribution in [0.4, 0.5) is 5.69 Å². The lowest BCUT2D eigenvalue weighted by atomic mass is 10.1. The van der Waals surface area contributed by atoms with E-state index in [2.05, 4.69) is 5.32 Å². The van der Waals surface area contributed by atoms with Gasteiger partial charge >= 0.3 is 5.97 Å². The number of carbonyl (C=O) groups is 2. The monoisotopic (exact) mass is 257 g/mol. The summed E-state index contributed by atoms with van der Waals surface area (Å²) in [6.07, 6.45) is 0. The molecule has 2 N–H and O–H groups in total. The summed E-state index contributed by atoms with van der Waals surface area (Å²) in [6, 6.07) is 2.80. The van der Waals surface area contributed by atoms with Crippen LogP contribution in [0.3, 0.4) is 0 Å². The maximum atomic E-state index is 11.0. The fraction of sp³-hybridized carbons (Fsp3) is 0.273. The summed E-state index contributed by atoms with van der Waals surface area (Å²) in [5.41, 5.74) is 0.332. The summed E-state index contributed by atoms with van der Waals surface area (Å²) in [6.45, 7) is 1.50. The predicted octanol–water partition coefficient (Wildman–Crippen LogP) is 2.05. The standard InChI is InChI=1S/C11H12ClNO4/c1-6(14)5-13-9-4-7(12)3-8(11(15)16)10(9)17-2/h3-4,13H,5H2,1-2H3,(H,15,16). The van der Waals surface area contributed by atoms with Crippen molar-refractivity contribution in [2.75, 3.05) is 19.0 Å². The van der Waals surface area contributed by atoms with Gasteiger partial charge in [0.05, 0.1) is 19.3 Å². The van der Waals surface area contributed by atoms with Crippen LogP contribution >= 0.6 is 11.6 Å². The van der Waals surface area contributed by atoms with Gasteiger partial charge in [-0.1, -0.05) is 11.6 Å². The van der Waals surface area contributed by atoms with Crippen molar-refractivity contribution in [2.24, 2.45) is 0 Å². The molecule has 0 amide bonds. The highest BCUT2D eigenvalue weighted by Crippen LogP contribution is 2.32. The highest BCUT2D eigenvalue weighted by molar-refractivity contribution is 6.31. The van der Waals surface area contributed by atoms with Crippen LogP contribution in [-0.4, -0.2) is 30.5 Å². The summed E-state index contributed by atoms with van der Waals surface area (Å²) >= 11 is 5.79. The molecule has 6 heteroatoms. The molecule has 0 saturated heterocycles. The van der Waals surface area contributed by atoms with Crippen LogP contribution in [0.25, 0.3) is 0 Å². The van der Waals surface area contributed by atoms with Gasteiger partial charge in [-0.25, -0.2) is 4.79 Å². The zero-order chi connectivity index (χ0) is 13.0. The van der Waals surface area contributed by atoms with Gasteiger partial charge in [0.2, 0.25) is 0 Å². The zero-order valence-electron chi connectivity index (χ0n) is 9.41. The number of halogens is 1. The maximum Gasteiger partial charge on any atom is 0.339 e. The topological polar surface area (TPSA) is 75.6 Å². The third-order valence-electron chi connectivity index (χ3n) is 2.02. The molecular formula is C11H12ClNO4. The largest absolute Gasteiger partial charge is 0.494 e. The van der Waals surface area contributed by atoms with Gasteiger partial charge in [-0.2, -0.15) is 0 Å². The van der Waals surface area contributed by atoms with E-state index in [0.29, 0.717) is 5.69 Å². The van der Waals surface area contributed by atoms with Crippen LogP contribution in [0, 0.1) is 0 Å². The highest BCUT2D eigenvalue weighted by Gasteiger charge is 2.16. The lowest BCUT2D eigenvalue weighted by Gasteiger charge is -2.13. The van der Waals surface area contributed by atoms with E-state index in [4.69, 9.17) is 21.4 Å². The number of anilines is 1. The van der Waals surface area contributed by atoms with Gasteiger partial charge in [-0.15, -0.1) is 0 Å². The van der Waals surface area contributed by atoms with Crippen LogP contribution in [0.15, 0.2) is 12.1 Å². The molecule has 0 atom stereocenters. The molecule has 0 spiro atoms. The number of hydrogen-bond donors (Lipinski definition) is 2. The second-order valence-electron chi connectivity index (χ2n) is 3.39. The van der Waals surface area contributed by atoms with E-state index in [9.17, 15) is 9.59 Å². The molecule has 0 fully saturated rings. The minimum absolute atomic E-state index is 0.0500. The van der Waals surface area contributed by atoms with Gasteiger partial charge in [0, 0.05) is 5.02 Å². The Bertz CT molecular complexity index is 459. The van der Waals surface area contributed by atoms with Crippen molar-refractivity contribution in [1.29, 1.82) is 0 Å². The molecule has 0 aliphatic heterocycles. The lowest BCUT2D eigenvalue weighted by Crippen LogP contribution is -2.12. The van der Waals surface area contributed by atoms with Crippen molar-refractivity contribution in [2.45, 2.75) is 6.92 Å². The summed E-state index contributed by atoms with van der Waals surface area (Å²) in [5.74, 6) is -1.07. The second kappa shape index (κ2) is 5.54. The zero-order valence-corrected chi connectivity index (χ0v) is 10.2. The first-order valence-corrected chi connectivity index (χ1v) is 5.17. The smallest absolute Gasteiger partial charge is 0.339 e. The maximum absolute atomic E-state index is 11.0. The number of aromatic carboxylic acids is 1. The summed E-state index contributed by atoms with van der Waals surface area (Å²) < 4.78 is 5.01. The third-order valence-corrected chi connectivity index (χ3v) is 2.23. The van der Waals surface area contributed by atoms with E-state index >= 15 is 0 Å². The second-order valence-corrected chi connectivity index (χ2v) is 3.83. The average Bonchev–Trinajstić information content (AvgIpc) is 2.25. The Kier molecular flexibility index (Phi) is 4.34. The SMILES string of the molecule is COc1c(NCC(C)=O)cc(Cl)cc1C(=O)O. The van der Waals surface area contributed by atoms with E-state index in [-0.39, 0.29) is 28.7 Å². The van der Waals surface area contributed by atoms with Crippen molar-refractivity contribution in [3.63, 3.8) is 0 Å². The fourth-order valence-electron chi connectivity index (χ4n) is 1.32. The molecular weight excluding hydrogens is 246 g/mol. The first-order valence-electron chi connectivity index (χ1n) is 4.80. The van der Waals surface area contributed by atoms with E-state index in [1.807, 2.05) is 0 Å². The molecule has 0 aliphatic rings. The number of rotatable bonds is 5. The van der Waals surface area contributed by atoms with Crippen LogP contribution in [0.1, 0.15) is 17.3 Å². The molecule has 1 rings (SSSR count). The summed E-state index contributed by atoms with van der Waals surface area (Å²) in [4.78, 5) is 21.9. The van der Waals surface area contributed by atoms with Gasteiger partial charge in [0.15, 0.2) is 5.75 Å². The van der Waals surface area contributed by atoms with Gasteiger partial charge in [0.25, 0.3) is 0 Å². The number of nitrogens with one attached hydrogen (secondary N) is 1. The predicted molar refractivity (Wildman–Crippen MR) is 64.1 cm³/mol. The number of carboxylic acid groups (broad SMARTS) is 1. The molecule has 92 valence electrons. The number of Topliss-reactive ketones (excluding diaryl/α,β-unsaturated/α-hetero) is 1. The normalized spacial score (nSPS) is 9.82. The first kappa shape index (κ1) is 13.3. The minimum atomic E-state index is -1.14.